The number of aromatic nitrogens is 3. The lowest BCUT2D eigenvalue weighted by molar-refractivity contribution is -0.118. The van der Waals surface area contributed by atoms with E-state index in [2.05, 4.69) is 20.6 Å². The number of hydrogen-bond donors (Lipinski definition) is 1. The normalized spacial score (nSPS) is 10.8. The van der Waals surface area contributed by atoms with E-state index in [9.17, 15) is 4.79 Å². The molecule has 2 aromatic carbocycles. The van der Waals surface area contributed by atoms with Gasteiger partial charge in [-0.1, -0.05) is 18.2 Å². The number of nitrogens with zero attached hydrogens (tertiary/aromatic N) is 4. The maximum Gasteiger partial charge on any atom is 0.262 e. The van der Waals surface area contributed by atoms with E-state index in [-0.39, 0.29) is 12.5 Å². The number of carbonyl (C=O) groups excluding carboxylic acids is 1. The first-order chi connectivity index (χ1) is 12.6. The highest BCUT2D eigenvalue weighted by Crippen LogP contribution is 2.15. The van der Waals surface area contributed by atoms with Crippen LogP contribution in [0.1, 0.15) is 16.7 Å². The number of amides is 1. The number of rotatable bonds is 6. The molecule has 3 rings (SSSR count). The SMILES string of the molecule is Cc1ccc(NC(=O)COc2cccc(/C=N\n3cnnc3)c2)cc1C. The first kappa shape index (κ1) is 17.3. The predicted octanol–water partition coefficient (Wildman–Crippen LogP) is 2.79. The smallest absolute Gasteiger partial charge is 0.262 e. The average Bonchev–Trinajstić information content (AvgIpc) is 3.15. The summed E-state index contributed by atoms with van der Waals surface area (Å²) in [6, 6.07) is 13.1. The Morgan fingerprint density at radius 3 is 2.73 bits per heavy atom. The summed E-state index contributed by atoms with van der Waals surface area (Å²) >= 11 is 0. The molecule has 132 valence electrons. The van der Waals surface area contributed by atoms with Gasteiger partial charge in [0.15, 0.2) is 6.61 Å². The summed E-state index contributed by atoms with van der Waals surface area (Å²) < 4.78 is 7.06. The van der Waals surface area contributed by atoms with Gasteiger partial charge in [-0.05, 0) is 54.8 Å². The third kappa shape index (κ3) is 4.76. The van der Waals surface area contributed by atoms with Crippen molar-refractivity contribution in [2.75, 3.05) is 11.9 Å². The molecule has 0 unspecified atom stereocenters. The van der Waals surface area contributed by atoms with Crippen LogP contribution in [-0.4, -0.2) is 33.6 Å². The van der Waals surface area contributed by atoms with Gasteiger partial charge in [0.25, 0.3) is 5.91 Å². The largest absolute Gasteiger partial charge is 0.484 e. The Bertz CT molecular complexity index is 919. The molecule has 1 amide bonds. The zero-order valence-corrected chi connectivity index (χ0v) is 14.6. The lowest BCUT2D eigenvalue weighted by Crippen LogP contribution is -2.20. The molecule has 26 heavy (non-hydrogen) atoms. The van der Waals surface area contributed by atoms with Crippen molar-refractivity contribution in [3.05, 3.63) is 71.8 Å². The minimum Gasteiger partial charge on any atom is -0.484 e. The maximum absolute atomic E-state index is 12.1. The minimum absolute atomic E-state index is 0.0705. The number of anilines is 1. The van der Waals surface area contributed by atoms with Gasteiger partial charge in [-0.3, -0.25) is 4.79 Å². The minimum atomic E-state index is -0.211. The van der Waals surface area contributed by atoms with E-state index in [1.54, 1.807) is 18.3 Å². The highest BCUT2D eigenvalue weighted by atomic mass is 16.5. The molecule has 0 radical (unpaired) electrons. The number of aryl methyl sites for hydroxylation is 2. The predicted molar refractivity (Wildman–Crippen MR) is 99.5 cm³/mol. The zero-order chi connectivity index (χ0) is 18.4. The zero-order valence-electron chi connectivity index (χ0n) is 14.6. The topological polar surface area (TPSA) is 81.4 Å². The Morgan fingerprint density at radius 2 is 1.96 bits per heavy atom. The molecular formula is C19H19N5O2. The van der Waals surface area contributed by atoms with Gasteiger partial charge >= 0.3 is 0 Å². The lowest BCUT2D eigenvalue weighted by Gasteiger charge is -2.09. The number of carbonyl (C=O) groups is 1. The van der Waals surface area contributed by atoms with Crippen LogP contribution in [0.4, 0.5) is 5.69 Å². The maximum atomic E-state index is 12.1. The van der Waals surface area contributed by atoms with Gasteiger partial charge in [0.1, 0.15) is 18.4 Å². The molecule has 3 aromatic rings. The van der Waals surface area contributed by atoms with Crippen molar-refractivity contribution in [1.82, 2.24) is 14.9 Å². The van der Waals surface area contributed by atoms with Crippen molar-refractivity contribution in [3.63, 3.8) is 0 Å². The summed E-state index contributed by atoms with van der Waals surface area (Å²) in [5, 5.41) is 14.4. The Morgan fingerprint density at radius 1 is 1.15 bits per heavy atom. The molecule has 0 aliphatic carbocycles. The summed E-state index contributed by atoms with van der Waals surface area (Å²) in [5.41, 5.74) is 3.91. The van der Waals surface area contributed by atoms with Gasteiger partial charge in [0, 0.05) is 5.69 Å². The van der Waals surface area contributed by atoms with E-state index in [0.717, 1.165) is 16.8 Å². The van der Waals surface area contributed by atoms with Gasteiger partial charge in [0.05, 0.1) is 6.21 Å². The quantitative estimate of drug-likeness (QED) is 0.694. The summed E-state index contributed by atoms with van der Waals surface area (Å²) in [6.45, 7) is 3.97. The third-order valence-corrected chi connectivity index (χ3v) is 3.77. The molecule has 0 aliphatic heterocycles. The molecule has 0 bridgehead atoms. The lowest BCUT2D eigenvalue weighted by atomic mass is 10.1. The number of ether oxygens (including phenoxy) is 1. The molecule has 1 heterocycles. The van der Waals surface area contributed by atoms with Crippen molar-refractivity contribution in [2.45, 2.75) is 13.8 Å². The van der Waals surface area contributed by atoms with Crippen LogP contribution in [0.2, 0.25) is 0 Å². The highest BCUT2D eigenvalue weighted by molar-refractivity contribution is 5.92. The molecule has 0 atom stereocenters. The summed E-state index contributed by atoms with van der Waals surface area (Å²) in [5.74, 6) is 0.379. The first-order valence-corrected chi connectivity index (χ1v) is 8.09. The Hall–Kier alpha value is -3.48. The average molecular weight is 349 g/mol. The van der Waals surface area contributed by atoms with Crippen LogP contribution >= 0.6 is 0 Å². The van der Waals surface area contributed by atoms with Crippen molar-refractivity contribution in [1.29, 1.82) is 0 Å². The molecule has 0 saturated carbocycles. The van der Waals surface area contributed by atoms with Crippen molar-refractivity contribution in [2.24, 2.45) is 5.10 Å². The Labute approximate surface area is 151 Å². The summed E-state index contributed by atoms with van der Waals surface area (Å²) in [6.07, 6.45) is 4.65. The Kier molecular flexibility index (Phi) is 5.38. The van der Waals surface area contributed by atoms with E-state index in [1.807, 2.05) is 44.2 Å². The fraction of sp³-hybridized carbons (Fsp3) is 0.158. The second-order valence-corrected chi connectivity index (χ2v) is 5.79. The molecule has 1 aromatic heterocycles. The molecule has 0 fully saturated rings. The van der Waals surface area contributed by atoms with Gasteiger partial charge < -0.3 is 10.1 Å². The van der Waals surface area contributed by atoms with Crippen molar-refractivity contribution in [3.8, 4) is 5.75 Å². The number of nitrogens with one attached hydrogen (secondary N) is 1. The number of hydrogen-bond acceptors (Lipinski definition) is 5. The monoisotopic (exact) mass is 349 g/mol. The van der Waals surface area contributed by atoms with Crippen LogP contribution in [0.5, 0.6) is 5.75 Å². The van der Waals surface area contributed by atoms with Gasteiger partial charge in [0.2, 0.25) is 0 Å². The molecule has 0 saturated heterocycles. The Balaban J connectivity index is 1.56. The second-order valence-electron chi connectivity index (χ2n) is 5.79. The molecule has 0 spiro atoms. The third-order valence-electron chi connectivity index (χ3n) is 3.77. The van der Waals surface area contributed by atoms with Crippen LogP contribution in [0.15, 0.2) is 60.2 Å². The standard InChI is InChI=1S/C19H19N5O2/c1-14-6-7-17(8-15(14)2)23-19(25)11-26-18-5-3-4-16(9-18)10-22-24-12-20-21-13-24/h3-10,12-13H,11H2,1-2H3,(H,23,25)/b22-10-. The first-order valence-electron chi connectivity index (χ1n) is 8.09. The van der Waals surface area contributed by atoms with Gasteiger partial charge in [-0.2, -0.15) is 5.10 Å². The van der Waals surface area contributed by atoms with Crippen molar-refractivity contribution < 1.29 is 9.53 Å². The van der Waals surface area contributed by atoms with E-state index < -0.39 is 0 Å². The van der Waals surface area contributed by atoms with Crippen LogP contribution in [-0.2, 0) is 4.79 Å². The van der Waals surface area contributed by atoms with E-state index in [4.69, 9.17) is 4.74 Å². The summed E-state index contributed by atoms with van der Waals surface area (Å²) in [4.78, 5) is 12.1. The van der Waals surface area contributed by atoms with Crippen LogP contribution in [0.25, 0.3) is 0 Å². The fourth-order valence-corrected chi connectivity index (χ4v) is 2.24. The summed E-state index contributed by atoms with van der Waals surface area (Å²) in [7, 11) is 0. The molecule has 7 nitrogen and oxygen atoms in total. The van der Waals surface area contributed by atoms with Crippen LogP contribution in [0, 0.1) is 13.8 Å². The second kappa shape index (κ2) is 8.06. The molecule has 7 heteroatoms. The van der Waals surface area contributed by atoms with Crippen LogP contribution in [0.3, 0.4) is 0 Å². The molecule has 1 N–H and O–H groups in total. The van der Waals surface area contributed by atoms with E-state index in [1.165, 1.54) is 22.9 Å². The van der Waals surface area contributed by atoms with E-state index >= 15 is 0 Å². The molecular weight excluding hydrogens is 330 g/mol. The van der Waals surface area contributed by atoms with Gasteiger partial charge in [-0.25, -0.2) is 4.68 Å². The van der Waals surface area contributed by atoms with E-state index in [0.29, 0.717) is 5.75 Å². The molecule has 0 aliphatic rings. The van der Waals surface area contributed by atoms with Crippen LogP contribution < -0.4 is 10.1 Å². The van der Waals surface area contributed by atoms with Crippen molar-refractivity contribution >= 4 is 17.8 Å². The van der Waals surface area contributed by atoms with Gasteiger partial charge in [-0.15, -0.1) is 10.2 Å². The number of benzene rings is 2. The highest BCUT2D eigenvalue weighted by Gasteiger charge is 2.05. The fourth-order valence-electron chi connectivity index (χ4n) is 2.24.